The van der Waals surface area contributed by atoms with Crippen LogP contribution in [-0.2, 0) is 6.54 Å². The lowest BCUT2D eigenvalue weighted by molar-refractivity contribution is 0.0945. The largest absolute Gasteiger partial charge is 0.370 e. The molecule has 0 fully saturated rings. The molecule has 2 aromatic heterocycles. The first-order valence-corrected chi connectivity index (χ1v) is 7.97. The molecular formula is C17H24N6O. The molecule has 0 aliphatic carbocycles. The molecule has 2 rings (SSSR count). The number of hydrogen-bond donors (Lipinski definition) is 2. The van der Waals surface area contributed by atoms with Crippen LogP contribution >= 0.6 is 0 Å². The summed E-state index contributed by atoms with van der Waals surface area (Å²) in [5, 5.41) is 6.07. The number of pyridine rings is 1. The van der Waals surface area contributed by atoms with Gasteiger partial charge < -0.3 is 15.5 Å². The SMILES string of the molecule is Cc1nc(NCCCN(C)C)cc(C(=O)NCc2ccccn2)n1. The summed E-state index contributed by atoms with van der Waals surface area (Å²) < 4.78 is 0. The predicted octanol–water partition coefficient (Wildman–Crippen LogP) is 1.47. The van der Waals surface area contributed by atoms with Crippen molar-refractivity contribution in [1.29, 1.82) is 0 Å². The van der Waals surface area contributed by atoms with Gasteiger partial charge in [-0.1, -0.05) is 6.07 Å². The summed E-state index contributed by atoms with van der Waals surface area (Å²) in [6.45, 7) is 3.94. The molecule has 0 unspecified atom stereocenters. The standard InChI is InChI=1S/C17H24N6O/c1-13-21-15(11-16(22-13)19-9-6-10-23(2)3)17(24)20-12-14-7-4-5-8-18-14/h4-5,7-8,11H,6,9-10,12H2,1-3H3,(H,20,24)(H,19,21,22). The monoisotopic (exact) mass is 328 g/mol. The zero-order valence-corrected chi connectivity index (χ0v) is 14.4. The molecule has 1 amide bonds. The van der Waals surface area contributed by atoms with Crippen LogP contribution in [0.1, 0.15) is 28.4 Å². The van der Waals surface area contributed by atoms with Crippen LogP contribution in [0, 0.1) is 6.92 Å². The Morgan fingerprint density at radius 1 is 1.25 bits per heavy atom. The van der Waals surface area contributed by atoms with Gasteiger partial charge in [-0.25, -0.2) is 9.97 Å². The van der Waals surface area contributed by atoms with Crippen molar-refractivity contribution in [2.24, 2.45) is 0 Å². The smallest absolute Gasteiger partial charge is 0.270 e. The van der Waals surface area contributed by atoms with Gasteiger partial charge in [0.2, 0.25) is 0 Å². The van der Waals surface area contributed by atoms with Crippen LogP contribution in [-0.4, -0.2) is 52.9 Å². The van der Waals surface area contributed by atoms with Gasteiger partial charge in [-0.15, -0.1) is 0 Å². The number of nitrogens with zero attached hydrogens (tertiary/aromatic N) is 4. The van der Waals surface area contributed by atoms with Gasteiger partial charge in [0.1, 0.15) is 17.3 Å². The number of carbonyl (C=O) groups is 1. The van der Waals surface area contributed by atoms with Gasteiger partial charge in [-0.2, -0.15) is 0 Å². The third kappa shape index (κ3) is 5.92. The highest BCUT2D eigenvalue weighted by Crippen LogP contribution is 2.07. The van der Waals surface area contributed by atoms with Gasteiger partial charge in [0.25, 0.3) is 5.91 Å². The summed E-state index contributed by atoms with van der Waals surface area (Å²) in [5.74, 6) is 1.00. The van der Waals surface area contributed by atoms with E-state index < -0.39 is 0 Å². The molecule has 0 saturated carbocycles. The summed E-state index contributed by atoms with van der Waals surface area (Å²) in [6, 6.07) is 7.27. The molecule has 0 saturated heterocycles. The fourth-order valence-electron chi connectivity index (χ4n) is 2.15. The highest BCUT2D eigenvalue weighted by molar-refractivity contribution is 5.92. The number of aryl methyl sites for hydroxylation is 1. The van der Waals surface area contributed by atoms with Crippen LogP contribution in [0.4, 0.5) is 5.82 Å². The Balaban J connectivity index is 1.92. The van der Waals surface area contributed by atoms with Gasteiger partial charge in [-0.05, 0) is 46.1 Å². The summed E-state index contributed by atoms with van der Waals surface area (Å²) in [5.41, 5.74) is 1.16. The first kappa shape index (κ1) is 17.8. The Kier molecular flexibility index (Phi) is 6.62. The number of rotatable bonds is 8. The Bertz CT molecular complexity index is 659. The normalized spacial score (nSPS) is 10.7. The van der Waals surface area contributed by atoms with E-state index >= 15 is 0 Å². The Labute approximate surface area is 142 Å². The van der Waals surface area contributed by atoms with E-state index in [9.17, 15) is 4.79 Å². The van der Waals surface area contributed by atoms with Crippen molar-refractivity contribution < 1.29 is 4.79 Å². The minimum absolute atomic E-state index is 0.234. The molecule has 0 aliphatic heterocycles. The first-order valence-electron chi connectivity index (χ1n) is 7.97. The van der Waals surface area contributed by atoms with Crippen LogP contribution in [0.3, 0.4) is 0 Å². The topological polar surface area (TPSA) is 83.0 Å². The number of carbonyl (C=O) groups excluding carboxylic acids is 1. The van der Waals surface area contributed by atoms with Crippen molar-refractivity contribution >= 4 is 11.7 Å². The minimum atomic E-state index is -0.234. The second-order valence-corrected chi connectivity index (χ2v) is 5.77. The lowest BCUT2D eigenvalue weighted by Gasteiger charge is -2.11. The zero-order chi connectivity index (χ0) is 17.4. The Morgan fingerprint density at radius 2 is 2.08 bits per heavy atom. The van der Waals surface area contributed by atoms with Crippen LogP contribution in [0.5, 0.6) is 0 Å². The van der Waals surface area contributed by atoms with E-state index in [4.69, 9.17) is 0 Å². The number of anilines is 1. The third-order valence-corrected chi connectivity index (χ3v) is 3.32. The second kappa shape index (κ2) is 8.93. The van der Waals surface area contributed by atoms with Crippen LogP contribution < -0.4 is 10.6 Å². The maximum Gasteiger partial charge on any atom is 0.270 e. The molecule has 7 heteroatoms. The first-order chi connectivity index (χ1) is 11.5. The van der Waals surface area contributed by atoms with Crippen molar-refractivity contribution in [2.75, 3.05) is 32.5 Å². The average Bonchev–Trinajstić information content (AvgIpc) is 2.57. The van der Waals surface area contributed by atoms with Gasteiger partial charge in [0, 0.05) is 18.8 Å². The van der Waals surface area contributed by atoms with Gasteiger partial charge >= 0.3 is 0 Å². The summed E-state index contributed by atoms with van der Waals surface area (Å²) in [4.78, 5) is 27.1. The highest BCUT2D eigenvalue weighted by Gasteiger charge is 2.10. The third-order valence-electron chi connectivity index (χ3n) is 3.32. The van der Waals surface area contributed by atoms with Gasteiger partial charge in [0.15, 0.2) is 0 Å². The number of amides is 1. The molecule has 0 aliphatic rings. The van der Waals surface area contributed by atoms with Gasteiger partial charge in [0.05, 0.1) is 12.2 Å². The summed E-state index contributed by atoms with van der Waals surface area (Å²) >= 11 is 0. The highest BCUT2D eigenvalue weighted by atomic mass is 16.1. The fourth-order valence-corrected chi connectivity index (χ4v) is 2.15. The van der Waals surface area contributed by atoms with Crippen molar-refractivity contribution in [3.05, 3.63) is 47.7 Å². The van der Waals surface area contributed by atoms with Gasteiger partial charge in [-0.3, -0.25) is 9.78 Å². The van der Waals surface area contributed by atoms with Crippen molar-refractivity contribution in [2.45, 2.75) is 19.9 Å². The molecule has 24 heavy (non-hydrogen) atoms. The van der Waals surface area contributed by atoms with Crippen molar-refractivity contribution in [1.82, 2.24) is 25.2 Å². The van der Waals surface area contributed by atoms with E-state index in [1.165, 1.54) is 0 Å². The Hall–Kier alpha value is -2.54. The van der Waals surface area contributed by atoms with E-state index in [2.05, 4.69) is 30.5 Å². The van der Waals surface area contributed by atoms with Crippen LogP contribution in [0.2, 0.25) is 0 Å². The molecule has 2 N–H and O–H groups in total. The van der Waals surface area contributed by atoms with Crippen molar-refractivity contribution in [3.8, 4) is 0 Å². The summed E-state index contributed by atoms with van der Waals surface area (Å²) in [6.07, 6.45) is 2.70. The molecule has 2 aromatic rings. The second-order valence-electron chi connectivity index (χ2n) is 5.77. The molecule has 2 heterocycles. The Morgan fingerprint density at radius 3 is 2.79 bits per heavy atom. The molecule has 0 aromatic carbocycles. The van der Waals surface area contributed by atoms with E-state index in [-0.39, 0.29) is 5.91 Å². The number of hydrogen-bond acceptors (Lipinski definition) is 6. The molecule has 7 nitrogen and oxygen atoms in total. The number of nitrogens with one attached hydrogen (secondary N) is 2. The average molecular weight is 328 g/mol. The minimum Gasteiger partial charge on any atom is -0.370 e. The fraction of sp³-hybridized carbons (Fsp3) is 0.412. The predicted molar refractivity (Wildman–Crippen MR) is 93.8 cm³/mol. The van der Waals surface area contributed by atoms with Crippen LogP contribution in [0.15, 0.2) is 30.5 Å². The maximum atomic E-state index is 12.3. The molecule has 128 valence electrons. The molecule has 0 atom stereocenters. The quantitative estimate of drug-likeness (QED) is 0.714. The van der Waals surface area contributed by atoms with E-state index in [0.717, 1.165) is 25.2 Å². The number of aromatic nitrogens is 3. The zero-order valence-electron chi connectivity index (χ0n) is 14.4. The maximum absolute atomic E-state index is 12.3. The van der Waals surface area contributed by atoms with E-state index in [1.54, 1.807) is 19.2 Å². The van der Waals surface area contributed by atoms with Crippen LogP contribution in [0.25, 0.3) is 0 Å². The van der Waals surface area contributed by atoms with Crippen molar-refractivity contribution in [3.63, 3.8) is 0 Å². The molecule has 0 radical (unpaired) electrons. The van der Waals surface area contributed by atoms with E-state index in [1.807, 2.05) is 32.3 Å². The summed E-state index contributed by atoms with van der Waals surface area (Å²) in [7, 11) is 4.08. The lowest BCUT2D eigenvalue weighted by atomic mass is 10.3. The lowest BCUT2D eigenvalue weighted by Crippen LogP contribution is -2.25. The molecular weight excluding hydrogens is 304 g/mol. The molecule has 0 bridgehead atoms. The van der Waals surface area contributed by atoms with E-state index in [0.29, 0.717) is 23.9 Å². The molecule has 0 spiro atoms.